The third-order valence-electron chi connectivity index (χ3n) is 2.39. The zero-order valence-electron chi connectivity index (χ0n) is 8.92. The molecule has 1 fully saturated rings. The van der Waals surface area contributed by atoms with E-state index in [1.54, 1.807) is 0 Å². The van der Waals surface area contributed by atoms with Crippen LogP contribution in [0.1, 0.15) is 26.7 Å². The molecule has 0 radical (unpaired) electrons. The second-order valence-electron chi connectivity index (χ2n) is 3.98. The Morgan fingerprint density at radius 2 is 2.29 bits per heavy atom. The fourth-order valence-corrected chi connectivity index (χ4v) is 1.51. The normalized spacial score (nSPS) is 15.6. The molecule has 0 aliphatic heterocycles. The van der Waals surface area contributed by atoms with Crippen LogP contribution in [-0.2, 0) is 4.79 Å². The molecule has 3 nitrogen and oxygen atoms in total. The topological polar surface area (TPSA) is 32.3 Å². The van der Waals surface area contributed by atoms with Gasteiger partial charge in [0.2, 0.25) is 5.91 Å². The van der Waals surface area contributed by atoms with E-state index in [0.29, 0.717) is 25.2 Å². The summed E-state index contributed by atoms with van der Waals surface area (Å²) >= 11 is 0. The van der Waals surface area contributed by atoms with E-state index < -0.39 is 0 Å². The predicted octanol–water partition coefficient (Wildman–Crippen LogP) is 0.609. The summed E-state index contributed by atoms with van der Waals surface area (Å²) in [4.78, 5) is 13.6. The lowest BCUT2D eigenvalue weighted by atomic mass is 10.3. The van der Waals surface area contributed by atoms with Crippen molar-refractivity contribution in [3.05, 3.63) is 0 Å². The van der Waals surface area contributed by atoms with Crippen LogP contribution in [0.4, 0.5) is 0 Å². The van der Waals surface area contributed by atoms with E-state index >= 15 is 0 Å². The highest BCUT2D eigenvalue weighted by molar-refractivity contribution is 5.78. The van der Waals surface area contributed by atoms with Gasteiger partial charge < -0.3 is 5.32 Å². The first-order valence-corrected chi connectivity index (χ1v) is 5.11. The molecule has 1 aliphatic carbocycles. The molecule has 14 heavy (non-hydrogen) atoms. The van der Waals surface area contributed by atoms with E-state index in [1.807, 2.05) is 0 Å². The van der Waals surface area contributed by atoms with Crippen LogP contribution < -0.4 is 5.32 Å². The minimum Gasteiger partial charge on any atom is -0.344 e. The zero-order valence-corrected chi connectivity index (χ0v) is 8.92. The predicted molar refractivity (Wildman–Crippen MR) is 56.7 cm³/mol. The Bertz CT molecular complexity index is 236. The number of terminal acetylenes is 1. The lowest BCUT2D eigenvalue weighted by Gasteiger charge is -2.25. The van der Waals surface area contributed by atoms with E-state index in [9.17, 15) is 4.79 Å². The highest BCUT2D eigenvalue weighted by Gasteiger charge is 2.31. The summed E-state index contributed by atoms with van der Waals surface area (Å²) in [5.41, 5.74) is 0. The molecule has 1 N–H and O–H groups in total. The molecule has 78 valence electrons. The first-order chi connectivity index (χ1) is 6.65. The summed E-state index contributed by atoms with van der Waals surface area (Å²) in [6, 6.07) is 1.05. The van der Waals surface area contributed by atoms with Crippen LogP contribution in [-0.4, -0.2) is 36.0 Å². The van der Waals surface area contributed by atoms with Gasteiger partial charge in [-0.05, 0) is 26.7 Å². The maximum atomic E-state index is 11.4. The van der Waals surface area contributed by atoms with Gasteiger partial charge in [0, 0.05) is 12.1 Å². The molecule has 0 aromatic rings. The minimum atomic E-state index is 0.0311. The van der Waals surface area contributed by atoms with Gasteiger partial charge in [0.15, 0.2) is 0 Å². The maximum Gasteiger partial charge on any atom is 0.234 e. The maximum absolute atomic E-state index is 11.4. The van der Waals surface area contributed by atoms with E-state index in [1.165, 1.54) is 12.8 Å². The van der Waals surface area contributed by atoms with Gasteiger partial charge in [-0.15, -0.1) is 6.42 Å². The molecule has 0 bridgehead atoms. The Balaban J connectivity index is 2.32. The first kappa shape index (κ1) is 11.1. The number of amides is 1. The van der Waals surface area contributed by atoms with Crippen molar-refractivity contribution in [2.24, 2.45) is 0 Å². The third-order valence-corrected chi connectivity index (χ3v) is 2.39. The Morgan fingerprint density at radius 3 is 2.71 bits per heavy atom. The van der Waals surface area contributed by atoms with Gasteiger partial charge in [-0.2, -0.15) is 0 Å². The van der Waals surface area contributed by atoms with Crippen molar-refractivity contribution in [1.82, 2.24) is 10.2 Å². The molecule has 1 rings (SSSR count). The quantitative estimate of drug-likeness (QED) is 0.650. The Morgan fingerprint density at radius 1 is 1.64 bits per heavy atom. The van der Waals surface area contributed by atoms with Gasteiger partial charge in [-0.25, -0.2) is 0 Å². The minimum absolute atomic E-state index is 0.0311. The number of nitrogens with one attached hydrogen (secondary N) is 1. The summed E-state index contributed by atoms with van der Waals surface area (Å²) in [6.07, 6.45) is 7.51. The van der Waals surface area contributed by atoms with Gasteiger partial charge in [0.1, 0.15) is 0 Å². The van der Waals surface area contributed by atoms with E-state index in [0.717, 1.165) is 0 Å². The van der Waals surface area contributed by atoms with Crippen LogP contribution in [0.15, 0.2) is 0 Å². The lowest BCUT2D eigenvalue weighted by Crippen LogP contribution is -2.42. The number of hydrogen-bond acceptors (Lipinski definition) is 2. The van der Waals surface area contributed by atoms with Gasteiger partial charge in [-0.3, -0.25) is 9.69 Å². The van der Waals surface area contributed by atoms with Crippen molar-refractivity contribution < 1.29 is 4.79 Å². The molecule has 0 aromatic heterocycles. The standard InChI is InChI=1S/C11H18N2O/c1-4-7-12-11(14)8-13(9(2)3)10-5-6-10/h1,9-10H,5-8H2,2-3H3,(H,12,14). The van der Waals surface area contributed by atoms with Crippen molar-refractivity contribution in [3.63, 3.8) is 0 Å². The number of rotatable bonds is 5. The molecule has 1 saturated carbocycles. The van der Waals surface area contributed by atoms with Crippen molar-refractivity contribution in [2.45, 2.75) is 38.8 Å². The fourth-order valence-electron chi connectivity index (χ4n) is 1.51. The smallest absolute Gasteiger partial charge is 0.234 e. The Kier molecular flexibility index (Phi) is 3.97. The summed E-state index contributed by atoms with van der Waals surface area (Å²) in [7, 11) is 0. The van der Waals surface area contributed by atoms with E-state index in [-0.39, 0.29) is 5.91 Å². The van der Waals surface area contributed by atoms with Crippen molar-refractivity contribution in [2.75, 3.05) is 13.1 Å². The number of carbonyl (C=O) groups is 1. The van der Waals surface area contributed by atoms with E-state index in [4.69, 9.17) is 6.42 Å². The largest absolute Gasteiger partial charge is 0.344 e. The number of hydrogen-bond donors (Lipinski definition) is 1. The lowest BCUT2D eigenvalue weighted by molar-refractivity contribution is -0.122. The third kappa shape index (κ3) is 3.39. The van der Waals surface area contributed by atoms with Crippen molar-refractivity contribution in [3.8, 4) is 12.3 Å². The van der Waals surface area contributed by atoms with Gasteiger partial charge in [-0.1, -0.05) is 5.92 Å². The Labute approximate surface area is 85.9 Å². The van der Waals surface area contributed by atoms with Crippen LogP contribution in [0.5, 0.6) is 0 Å². The van der Waals surface area contributed by atoms with Crippen LogP contribution in [0.2, 0.25) is 0 Å². The zero-order chi connectivity index (χ0) is 10.6. The second-order valence-corrected chi connectivity index (χ2v) is 3.98. The molecular weight excluding hydrogens is 176 g/mol. The molecule has 1 amide bonds. The molecule has 0 saturated heterocycles. The fraction of sp³-hybridized carbons (Fsp3) is 0.727. The monoisotopic (exact) mass is 194 g/mol. The summed E-state index contributed by atoms with van der Waals surface area (Å²) in [5.74, 6) is 2.43. The SMILES string of the molecule is C#CCNC(=O)CN(C(C)C)C1CC1. The molecular formula is C11H18N2O. The van der Waals surface area contributed by atoms with Crippen LogP contribution in [0, 0.1) is 12.3 Å². The highest BCUT2D eigenvalue weighted by Crippen LogP contribution is 2.27. The summed E-state index contributed by atoms with van der Waals surface area (Å²) in [6.45, 7) is 5.04. The van der Waals surface area contributed by atoms with Crippen molar-refractivity contribution in [1.29, 1.82) is 0 Å². The average Bonchev–Trinajstić information content (AvgIpc) is 2.93. The average molecular weight is 194 g/mol. The molecule has 0 unspecified atom stereocenters. The second kappa shape index (κ2) is 5.02. The molecule has 0 heterocycles. The van der Waals surface area contributed by atoms with Crippen LogP contribution in [0.3, 0.4) is 0 Å². The van der Waals surface area contributed by atoms with Crippen LogP contribution in [0.25, 0.3) is 0 Å². The van der Waals surface area contributed by atoms with E-state index in [2.05, 4.69) is 30.0 Å². The first-order valence-electron chi connectivity index (χ1n) is 5.11. The van der Waals surface area contributed by atoms with Gasteiger partial charge in [0.25, 0.3) is 0 Å². The van der Waals surface area contributed by atoms with Crippen LogP contribution >= 0.6 is 0 Å². The number of nitrogens with zero attached hydrogens (tertiary/aromatic N) is 1. The molecule has 0 aromatic carbocycles. The highest BCUT2D eigenvalue weighted by atomic mass is 16.2. The Hall–Kier alpha value is -1.01. The summed E-state index contributed by atoms with van der Waals surface area (Å²) in [5, 5.41) is 2.68. The number of carbonyl (C=O) groups excluding carboxylic acids is 1. The molecule has 0 atom stereocenters. The van der Waals surface area contributed by atoms with Gasteiger partial charge in [0.05, 0.1) is 13.1 Å². The van der Waals surface area contributed by atoms with Gasteiger partial charge >= 0.3 is 0 Å². The molecule has 0 spiro atoms. The summed E-state index contributed by atoms with van der Waals surface area (Å²) < 4.78 is 0. The van der Waals surface area contributed by atoms with Crippen molar-refractivity contribution >= 4 is 5.91 Å². The molecule has 3 heteroatoms. The molecule has 1 aliphatic rings.